The van der Waals surface area contributed by atoms with Gasteiger partial charge in [-0.1, -0.05) is 82.8 Å². The van der Waals surface area contributed by atoms with Crippen LogP contribution in [0.25, 0.3) is 11.5 Å². The van der Waals surface area contributed by atoms with E-state index < -0.39 is 6.28 Å². The Kier molecular flexibility index (Phi) is 4.95. The Bertz CT molecular complexity index is 1200. The molecule has 0 unspecified atom stereocenters. The van der Waals surface area contributed by atoms with Crippen LogP contribution in [-0.4, -0.2) is 6.28 Å². The third kappa shape index (κ3) is 3.08. The number of hydrogen-bond donors (Lipinski definition) is 0. The third-order valence-electron chi connectivity index (χ3n) is 5.98. The summed E-state index contributed by atoms with van der Waals surface area (Å²) in [5.74, 6) is 0. The molecule has 5 rings (SSSR count). The highest BCUT2D eigenvalue weighted by atomic mass is 35.5. The van der Waals surface area contributed by atoms with Crippen molar-refractivity contribution in [2.45, 2.75) is 0 Å². The predicted octanol–water partition coefficient (Wildman–Crippen LogP) is 5.64. The molecule has 2 heterocycles. The van der Waals surface area contributed by atoms with Gasteiger partial charge in [-0.05, 0) is 48.5 Å². The maximum absolute atomic E-state index is 6.25. The molecule has 1 aliphatic heterocycles. The van der Waals surface area contributed by atoms with E-state index in [-0.39, 0.29) is 0 Å². The summed E-state index contributed by atoms with van der Waals surface area (Å²) in [5, 5.41) is 2.15. The lowest BCUT2D eigenvalue weighted by Crippen LogP contribution is -2.78. The van der Waals surface area contributed by atoms with Crippen molar-refractivity contribution in [3.05, 3.63) is 124 Å². The smallest absolute Gasteiger partial charge is 0.361 e. The Hall–Kier alpha value is -2.52. The zero-order chi connectivity index (χ0) is 20.7. The molecule has 3 aromatic carbocycles. The number of hydrogen-bond acceptors (Lipinski definition) is 0. The number of fused-ring (bicyclic) bond motifs is 1. The fourth-order valence-electron chi connectivity index (χ4n) is 4.70. The highest BCUT2D eigenvalue weighted by Gasteiger charge is 2.48. The molecule has 146 valence electrons. The van der Waals surface area contributed by atoms with Gasteiger partial charge in [0.25, 0.3) is 0 Å². The summed E-state index contributed by atoms with van der Waals surface area (Å²) < 4.78 is 2.37. The topological polar surface area (TPSA) is 3.88 Å². The van der Waals surface area contributed by atoms with E-state index in [2.05, 4.69) is 71.3 Å². The lowest BCUT2D eigenvalue weighted by molar-refractivity contribution is -0.538. The maximum Gasteiger partial charge on any atom is 0.361 e. The molecule has 1 aliphatic rings. The molecule has 0 radical (unpaired) electrons. The lowest BCUT2D eigenvalue weighted by Gasteiger charge is -2.35. The molecule has 0 saturated heterocycles. The highest BCUT2D eigenvalue weighted by Crippen LogP contribution is 2.32. The van der Waals surface area contributed by atoms with Crippen LogP contribution in [0, 0.1) is 0 Å². The molecule has 1 aromatic heterocycles. The summed E-state index contributed by atoms with van der Waals surface area (Å²) in [6, 6.07) is 30.6. The summed E-state index contributed by atoms with van der Waals surface area (Å²) >= 11 is 18.7. The molecule has 0 spiro atoms. The van der Waals surface area contributed by atoms with Crippen LogP contribution in [0.5, 0.6) is 0 Å². The first-order valence-corrected chi connectivity index (χ1v) is 10.9. The van der Waals surface area contributed by atoms with Crippen LogP contribution in [0.2, 0.25) is 15.1 Å². The van der Waals surface area contributed by atoms with E-state index in [9.17, 15) is 0 Å². The van der Waals surface area contributed by atoms with E-state index in [0.717, 1.165) is 16.3 Å². The van der Waals surface area contributed by atoms with Crippen molar-refractivity contribution in [2.24, 2.45) is 0 Å². The minimum Gasteiger partial charge on any atom is -0.409 e. The van der Waals surface area contributed by atoms with E-state index in [0.29, 0.717) is 10.0 Å². The SMILES string of the molecule is Clc1ccc(C2=Cc3cccc[n+]3[B-]2(c2ccc(Cl)cc2)c2ccc(Cl)cc2)cc1. The normalized spacial score (nSPS) is 14.3. The largest absolute Gasteiger partial charge is 0.409 e. The van der Waals surface area contributed by atoms with Gasteiger partial charge in [0.15, 0.2) is 0 Å². The van der Waals surface area contributed by atoms with Crippen molar-refractivity contribution < 1.29 is 4.48 Å². The first-order chi connectivity index (χ1) is 14.6. The molecule has 0 fully saturated rings. The second kappa shape index (κ2) is 7.63. The molecule has 0 aliphatic carbocycles. The molecule has 0 saturated carbocycles. The highest BCUT2D eigenvalue weighted by molar-refractivity contribution is 7.10. The Morgan fingerprint density at radius 3 is 1.60 bits per heavy atom. The quantitative estimate of drug-likeness (QED) is 0.357. The second-order valence-electron chi connectivity index (χ2n) is 7.56. The van der Waals surface area contributed by atoms with E-state index in [4.69, 9.17) is 34.8 Å². The molecule has 0 bridgehead atoms. The van der Waals surface area contributed by atoms with Crippen LogP contribution >= 0.6 is 34.8 Å². The van der Waals surface area contributed by atoms with Gasteiger partial charge >= 0.3 is 6.28 Å². The van der Waals surface area contributed by atoms with Gasteiger partial charge in [-0.15, -0.1) is 16.4 Å². The second-order valence-corrected chi connectivity index (χ2v) is 8.87. The minimum atomic E-state index is -1.49. The average Bonchev–Trinajstić information content (AvgIpc) is 3.11. The fraction of sp³-hybridized carbons (Fsp3) is 0. The Balaban J connectivity index is 1.88. The van der Waals surface area contributed by atoms with E-state index in [1.807, 2.05) is 36.4 Å². The van der Waals surface area contributed by atoms with Gasteiger partial charge < -0.3 is 4.48 Å². The van der Waals surface area contributed by atoms with Crippen molar-refractivity contribution >= 4 is 63.6 Å². The van der Waals surface area contributed by atoms with Crippen LogP contribution in [0.1, 0.15) is 11.3 Å². The summed E-state index contributed by atoms with van der Waals surface area (Å²) in [6.45, 7) is 0. The predicted molar refractivity (Wildman–Crippen MR) is 129 cm³/mol. The zero-order valence-electron chi connectivity index (χ0n) is 16.0. The number of benzene rings is 3. The van der Waals surface area contributed by atoms with Crippen LogP contribution in [0.15, 0.2) is 97.2 Å². The number of nitrogens with zero attached hydrogens (tertiary/aromatic N) is 1. The molecular formula is C25H17BCl3N. The summed E-state index contributed by atoms with van der Waals surface area (Å²) in [6.07, 6.45) is 2.93. The summed E-state index contributed by atoms with van der Waals surface area (Å²) in [7, 11) is 0. The van der Waals surface area contributed by atoms with Crippen molar-refractivity contribution in [3.63, 3.8) is 0 Å². The number of pyridine rings is 1. The maximum atomic E-state index is 6.25. The Morgan fingerprint density at radius 2 is 1.07 bits per heavy atom. The average molecular weight is 449 g/mol. The zero-order valence-corrected chi connectivity index (χ0v) is 18.2. The van der Waals surface area contributed by atoms with Crippen molar-refractivity contribution in [2.75, 3.05) is 0 Å². The van der Waals surface area contributed by atoms with Crippen LogP contribution in [0.4, 0.5) is 0 Å². The number of aromatic nitrogens is 1. The van der Waals surface area contributed by atoms with Gasteiger partial charge in [-0.25, -0.2) is 0 Å². The van der Waals surface area contributed by atoms with Crippen LogP contribution < -0.4 is 15.4 Å². The van der Waals surface area contributed by atoms with Gasteiger partial charge in [0, 0.05) is 21.1 Å². The van der Waals surface area contributed by atoms with Crippen molar-refractivity contribution in [3.8, 4) is 0 Å². The van der Waals surface area contributed by atoms with Gasteiger partial charge in [0.05, 0.1) is 0 Å². The summed E-state index contributed by atoms with van der Waals surface area (Å²) in [5.41, 5.74) is 5.86. The minimum absolute atomic E-state index is 0.717. The lowest BCUT2D eigenvalue weighted by atomic mass is 9.23. The van der Waals surface area contributed by atoms with Gasteiger partial charge in [0.2, 0.25) is 0 Å². The van der Waals surface area contributed by atoms with Gasteiger partial charge in [0.1, 0.15) is 11.9 Å². The van der Waals surface area contributed by atoms with Crippen molar-refractivity contribution in [1.82, 2.24) is 0 Å². The first kappa shape index (κ1) is 19.4. The molecule has 4 aromatic rings. The Morgan fingerprint density at radius 1 is 0.567 bits per heavy atom. The molecule has 30 heavy (non-hydrogen) atoms. The molecular weight excluding hydrogens is 431 g/mol. The molecule has 0 N–H and O–H groups in total. The standard InChI is InChI=1S/C25H17BCl3N/c27-21-10-4-18(5-11-21)25-17-24-3-1-2-16-30(24)26(25,19-6-12-22(28)13-7-19)20-8-14-23(29)15-9-20/h1-17H. The van der Waals surface area contributed by atoms with Gasteiger partial charge in [-0.2, -0.15) is 0 Å². The molecule has 0 atom stereocenters. The van der Waals surface area contributed by atoms with Gasteiger partial charge in [-0.3, -0.25) is 0 Å². The molecule has 5 heteroatoms. The summed E-state index contributed by atoms with van der Waals surface area (Å²) in [4.78, 5) is 0. The number of rotatable bonds is 3. The van der Waals surface area contributed by atoms with E-state index in [1.165, 1.54) is 16.4 Å². The molecule has 0 amide bonds. The van der Waals surface area contributed by atoms with Crippen LogP contribution in [0.3, 0.4) is 0 Å². The first-order valence-electron chi connectivity index (χ1n) is 9.75. The van der Waals surface area contributed by atoms with E-state index >= 15 is 0 Å². The Labute approximate surface area is 191 Å². The third-order valence-corrected chi connectivity index (χ3v) is 6.73. The van der Waals surface area contributed by atoms with Crippen molar-refractivity contribution in [1.29, 1.82) is 0 Å². The van der Waals surface area contributed by atoms with E-state index in [1.54, 1.807) is 0 Å². The molecule has 1 nitrogen and oxygen atoms in total. The monoisotopic (exact) mass is 447 g/mol. The number of halogens is 3. The van der Waals surface area contributed by atoms with Crippen LogP contribution in [-0.2, 0) is 0 Å². The fourth-order valence-corrected chi connectivity index (χ4v) is 5.07.